The van der Waals surface area contributed by atoms with E-state index in [4.69, 9.17) is 9.72 Å². The molecule has 2 atom stereocenters. The fourth-order valence-corrected chi connectivity index (χ4v) is 7.63. The van der Waals surface area contributed by atoms with Crippen LogP contribution in [0.4, 0.5) is 0 Å². The summed E-state index contributed by atoms with van der Waals surface area (Å²) in [5.41, 5.74) is 7.42. The summed E-state index contributed by atoms with van der Waals surface area (Å²) in [6.45, 7) is 8.93. The first-order valence-corrected chi connectivity index (χ1v) is 15.8. The van der Waals surface area contributed by atoms with Crippen LogP contribution >= 0.6 is 0 Å². The summed E-state index contributed by atoms with van der Waals surface area (Å²) in [6.07, 6.45) is 7.09. The van der Waals surface area contributed by atoms with E-state index in [1.54, 1.807) is 0 Å². The minimum Gasteiger partial charge on any atom is -0.484 e. The lowest BCUT2D eigenvalue weighted by Crippen LogP contribution is -2.40. The maximum atomic E-state index is 7.36. The zero-order valence-corrected chi connectivity index (χ0v) is 25.8. The third kappa shape index (κ3) is 4.87. The topological polar surface area (TPSA) is 22.1 Å². The fraction of sp³-hybridized carbons (Fsp3) is 0.268. The smallest absolute Gasteiger partial charge is 0.135 e. The number of hydrogen-bond donors (Lipinski definition) is 0. The summed E-state index contributed by atoms with van der Waals surface area (Å²) in [4.78, 5) is 4.94. The van der Waals surface area contributed by atoms with Gasteiger partial charge in [-0.2, -0.15) is 0 Å². The minimum absolute atomic E-state index is 0.176. The Morgan fingerprint density at radius 2 is 1.63 bits per heavy atom. The minimum atomic E-state index is -0.190. The van der Waals surface area contributed by atoms with E-state index in [9.17, 15) is 0 Å². The van der Waals surface area contributed by atoms with Gasteiger partial charge in [-0.05, 0) is 101 Å². The molecule has 2 unspecified atom stereocenters. The average molecular weight is 563 g/mol. The van der Waals surface area contributed by atoms with Crippen molar-refractivity contribution in [3.8, 4) is 5.75 Å². The van der Waals surface area contributed by atoms with Gasteiger partial charge in [-0.3, -0.25) is 4.98 Å². The number of benzene rings is 5. The maximum Gasteiger partial charge on any atom is 0.135 e. The molecule has 7 rings (SSSR count). The van der Waals surface area contributed by atoms with Crippen molar-refractivity contribution in [2.45, 2.75) is 71.3 Å². The van der Waals surface area contributed by atoms with Crippen molar-refractivity contribution in [2.75, 3.05) is 0 Å². The predicted octanol–water partition coefficient (Wildman–Crippen LogP) is 10.8. The van der Waals surface area contributed by atoms with Gasteiger partial charge in [0, 0.05) is 22.6 Å². The van der Waals surface area contributed by atoms with Crippen LogP contribution < -0.4 is 4.74 Å². The second-order valence-electron chi connectivity index (χ2n) is 12.8. The molecule has 0 saturated heterocycles. The molecule has 1 aliphatic rings. The predicted molar refractivity (Wildman–Crippen MR) is 181 cm³/mol. The van der Waals surface area contributed by atoms with E-state index in [1.165, 1.54) is 49.7 Å². The highest BCUT2D eigenvalue weighted by molar-refractivity contribution is 6.08. The van der Waals surface area contributed by atoms with Crippen LogP contribution in [-0.4, -0.2) is 4.98 Å². The van der Waals surface area contributed by atoms with E-state index < -0.39 is 0 Å². The first-order chi connectivity index (χ1) is 21.0. The van der Waals surface area contributed by atoms with Crippen molar-refractivity contribution in [2.24, 2.45) is 0 Å². The van der Waals surface area contributed by atoms with Gasteiger partial charge in [0.05, 0.1) is 5.52 Å². The Morgan fingerprint density at radius 1 is 0.837 bits per heavy atom. The monoisotopic (exact) mass is 562 g/mol. The highest BCUT2D eigenvalue weighted by atomic mass is 16.5. The Morgan fingerprint density at radius 3 is 2.47 bits per heavy atom. The van der Waals surface area contributed by atoms with Gasteiger partial charge >= 0.3 is 0 Å². The van der Waals surface area contributed by atoms with Gasteiger partial charge in [-0.1, -0.05) is 105 Å². The Kier molecular flexibility index (Phi) is 7.17. The Balaban J connectivity index is 1.45. The van der Waals surface area contributed by atoms with Crippen molar-refractivity contribution < 1.29 is 4.74 Å². The van der Waals surface area contributed by atoms with Crippen LogP contribution in [0.3, 0.4) is 0 Å². The molecule has 1 aromatic heterocycles. The van der Waals surface area contributed by atoms with Crippen molar-refractivity contribution >= 4 is 32.4 Å². The second-order valence-corrected chi connectivity index (χ2v) is 12.8. The molecule has 0 spiro atoms. The molecule has 1 radical (unpaired) electrons. The molecule has 2 nitrogen and oxygen atoms in total. The zero-order chi connectivity index (χ0) is 29.6. The molecule has 1 aliphatic carbocycles. The van der Waals surface area contributed by atoms with Crippen molar-refractivity contribution in [3.05, 3.63) is 137 Å². The summed E-state index contributed by atoms with van der Waals surface area (Å²) in [5.74, 6) is 2.36. The molecule has 0 fully saturated rings. The van der Waals surface area contributed by atoms with E-state index in [-0.39, 0.29) is 11.5 Å². The van der Waals surface area contributed by atoms with Crippen LogP contribution in [0.15, 0.2) is 103 Å². The number of rotatable bonds is 7. The van der Waals surface area contributed by atoms with E-state index in [0.29, 0.717) is 0 Å². The van der Waals surface area contributed by atoms with Gasteiger partial charge in [0.25, 0.3) is 0 Å². The summed E-state index contributed by atoms with van der Waals surface area (Å²) in [5, 5.41) is 6.52. The van der Waals surface area contributed by atoms with E-state index in [2.05, 4.69) is 131 Å². The maximum absolute atomic E-state index is 7.36. The van der Waals surface area contributed by atoms with Gasteiger partial charge in [0.1, 0.15) is 11.9 Å². The molecule has 0 bridgehead atoms. The molecule has 1 heterocycles. The number of fused-ring (bicyclic) bond motifs is 6. The quantitative estimate of drug-likeness (QED) is 0.181. The van der Waals surface area contributed by atoms with Crippen LogP contribution in [0.2, 0.25) is 0 Å². The van der Waals surface area contributed by atoms with E-state index in [0.717, 1.165) is 54.3 Å². The Hall–Kier alpha value is -4.17. The molecule has 0 N–H and O–H groups in total. The summed E-state index contributed by atoms with van der Waals surface area (Å²) >= 11 is 0. The highest BCUT2D eigenvalue weighted by Gasteiger charge is 2.45. The SMILES string of the molecule is CCC1(C(Oc2ccc(C)cc2C[C](C)C)c2cnc3ccccc3c2)CCCc2c1ccc1c2ccc2ccccc21. The first-order valence-electron chi connectivity index (χ1n) is 15.8. The summed E-state index contributed by atoms with van der Waals surface area (Å²) < 4.78 is 7.36. The Bertz CT molecular complexity index is 1950. The number of para-hydroxylation sites is 1. The molecule has 0 saturated carbocycles. The van der Waals surface area contributed by atoms with Crippen molar-refractivity contribution in [3.63, 3.8) is 0 Å². The van der Waals surface area contributed by atoms with Gasteiger partial charge in [0.15, 0.2) is 0 Å². The lowest BCUT2D eigenvalue weighted by molar-refractivity contribution is 0.0856. The van der Waals surface area contributed by atoms with Gasteiger partial charge < -0.3 is 4.74 Å². The van der Waals surface area contributed by atoms with Crippen LogP contribution in [0, 0.1) is 12.8 Å². The standard InChI is InChI=1S/C41H40NO/c1-5-41(22-10-14-36-35-18-17-29-11-6-8-13-33(29)34(35)19-20-37(36)41)40(32-25-30-12-7-9-15-38(30)42-26-32)43-39-21-16-28(4)24-31(39)23-27(2)3/h6-9,11-13,15-21,24-26,40H,5,10,14,22-23H2,1-4H3. The third-order valence-corrected chi connectivity index (χ3v) is 9.68. The molecular weight excluding hydrogens is 522 g/mol. The first kappa shape index (κ1) is 27.7. The number of nitrogens with zero attached hydrogens (tertiary/aromatic N) is 1. The van der Waals surface area contributed by atoms with Crippen LogP contribution in [0.5, 0.6) is 5.75 Å². The number of aromatic nitrogens is 1. The number of hydrogen-bond acceptors (Lipinski definition) is 2. The van der Waals surface area contributed by atoms with Crippen LogP contribution in [0.25, 0.3) is 32.4 Å². The number of pyridine rings is 1. The third-order valence-electron chi connectivity index (χ3n) is 9.68. The molecule has 2 heteroatoms. The average Bonchev–Trinajstić information content (AvgIpc) is 3.03. The summed E-state index contributed by atoms with van der Waals surface area (Å²) in [6, 6.07) is 35.6. The summed E-state index contributed by atoms with van der Waals surface area (Å²) in [7, 11) is 0. The van der Waals surface area contributed by atoms with Crippen molar-refractivity contribution in [1.82, 2.24) is 4.98 Å². The molecule has 6 aromatic rings. The molecule has 43 heavy (non-hydrogen) atoms. The zero-order valence-electron chi connectivity index (χ0n) is 25.8. The van der Waals surface area contributed by atoms with Crippen LogP contribution in [0.1, 0.15) is 74.0 Å². The normalized spacial score (nSPS) is 17.4. The molecule has 215 valence electrons. The van der Waals surface area contributed by atoms with Crippen LogP contribution in [-0.2, 0) is 18.3 Å². The molecule has 0 amide bonds. The van der Waals surface area contributed by atoms with E-state index in [1.807, 2.05) is 0 Å². The molecule has 5 aromatic carbocycles. The highest BCUT2D eigenvalue weighted by Crippen LogP contribution is 2.52. The molecule has 0 aliphatic heterocycles. The lowest BCUT2D eigenvalue weighted by Gasteiger charge is -2.45. The van der Waals surface area contributed by atoms with Gasteiger partial charge in [-0.25, -0.2) is 0 Å². The lowest BCUT2D eigenvalue weighted by atomic mass is 9.63. The Labute approximate surface area is 255 Å². The largest absolute Gasteiger partial charge is 0.484 e. The fourth-order valence-electron chi connectivity index (χ4n) is 7.63. The van der Waals surface area contributed by atoms with E-state index >= 15 is 0 Å². The second kappa shape index (κ2) is 11.2. The molecular formula is C41H40NO. The van der Waals surface area contributed by atoms with Gasteiger partial charge in [0.2, 0.25) is 0 Å². The van der Waals surface area contributed by atoms with Gasteiger partial charge in [-0.15, -0.1) is 0 Å². The number of ether oxygens (including phenoxy) is 1. The number of aryl methyl sites for hydroxylation is 2. The van der Waals surface area contributed by atoms with Crippen molar-refractivity contribution in [1.29, 1.82) is 0 Å².